The maximum Gasteiger partial charge on any atom is 0.128 e. The molecule has 0 spiro atoms. The first-order chi connectivity index (χ1) is 9.08. The van der Waals surface area contributed by atoms with E-state index in [1.807, 2.05) is 31.3 Å². The van der Waals surface area contributed by atoms with Crippen LogP contribution in [0.2, 0.25) is 0 Å². The van der Waals surface area contributed by atoms with Crippen molar-refractivity contribution >= 4 is 22.8 Å². The average molecular weight is 275 g/mol. The van der Waals surface area contributed by atoms with Crippen LogP contribution in [-0.4, -0.2) is 19.1 Å². The van der Waals surface area contributed by atoms with Crippen LogP contribution >= 0.6 is 11.3 Å². The zero-order chi connectivity index (χ0) is 13.8. The van der Waals surface area contributed by atoms with Crippen molar-refractivity contribution in [2.75, 3.05) is 24.3 Å². The van der Waals surface area contributed by atoms with E-state index in [-0.39, 0.29) is 0 Å². The molecule has 2 heterocycles. The second-order valence-electron chi connectivity index (χ2n) is 5.18. The smallest absolute Gasteiger partial charge is 0.128 e. The van der Waals surface area contributed by atoms with E-state index < -0.39 is 0 Å². The first-order valence-electron chi connectivity index (χ1n) is 6.51. The van der Waals surface area contributed by atoms with Gasteiger partial charge in [0.1, 0.15) is 5.82 Å². The Hall–Kier alpha value is -1.55. The Bertz CT molecular complexity index is 489. The fourth-order valence-corrected chi connectivity index (χ4v) is 2.90. The standard InChI is InChI=1S/C15H21N3S/c1-11(2)15(13-6-5-9-19-13)17-12-7-8-14(16-10-12)18(3)4/h5-11,15,17H,1-4H3. The van der Waals surface area contributed by atoms with Gasteiger partial charge in [0.05, 0.1) is 17.9 Å². The Morgan fingerprint density at radius 1 is 1.21 bits per heavy atom. The Kier molecular flexibility index (Phi) is 4.43. The van der Waals surface area contributed by atoms with Crippen molar-refractivity contribution in [3.8, 4) is 0 Å². The lowest BCUT2D eigenvalue weighted by Crippen LogP contribution is -2.16. The van der Waals surface area contributed by atoms with Gasteiger partial charge >= 0.3 is 0 Å². The summed E-state index contributed by atoms with van der Waals surface area (Å²) in [6.07, 6.45) is 1.90. The van der Waals surface area contributed by atoms with Crippen LogP contribution in [-0.2, 0) is 0 Å². The molecule has 2 aromatic heterocycles. The van der Waals surface area contributed by atoms with Gasteiger partial charge in [0.25, 0.3) is 0 Å². The maximum absolute atomic E-state index is 4.44. The summed E-state index contributed by atoms with van der Waals surface area (Å²) in [5.41, 5.74) is 1.07. The van der Waals surface area contributed by atoms with E-state index in [1.54, 1.807) is 11.3 Å². The molecule has 0 aliphatic carbocycles. The minimum atomic E-state index is 0.340. The molecule has 19 heavy (non-hydrogen) atoms. The number of nitrogens with zero attached hydrogens (tertiary/aromatic N) is 2. The largest absolute Gasteiger partial charge is 0.376 e. The second-order valence-corrected chi connectivity index (χ2v) is 6.16. The van der Waals surface area contributed by atoms with E-state index in [1.165, 1.54) is 4.88 Å². The number of rotatable bonds is 5. The molecule has 3 nitrogen and oxygen atoms in total. The highest BCUT2D eigenvalue weighted by molar-refractivity contribution is 7.10. The van der Waals surface area contributed by atoms with Crippen molar-refractivity contribution in [3.63, 3.8) is 0 Å². The van der Waals surface area contributed by atoms with Gasteiger partial charge in [0, 0.05) is 19.0 Å². The third-order valence-corrected chi connectivity index (χ3v) is 4.00. The molecule has 2 aromatic rings. The van der Waals surface area contributed by atoms with Gasteiger partial charge in [-0.3, -0.25) is 0 Å². The van der Waals surface area contributed by atoms with Gasteiger partial charge in [0.15, 0.2) is 0 Å². The van der Waals surface area contributed by atoms with Crippen LogP contribution in [0.3, 0.4) is 0 Å². The lowest BCUT2D eigenvalue weighted by atomic mass is 10.0. The number of aromatic nitrogens is 1. The van der Waals surface area contributed by atoms with Crippen LogP contribution in [0.25, 0.3) is 0 Å². The van der Waals surface area contributed by atoms with Gasteiger partial charge in [-0.05, 0) is 29.5 Å². The molecular weight excluding hydrogens is 254 g/mol. The molecule has 4 heteroatoms. The molecule has 0 aliphatic heterocycles. The number of pyridine rings is 1. The summed E-state index contributed by atoms with van der Waals surface area (Å²) in [4.78, 5) is 7.81. The van der Waals surface area contributed by atoms with E-state index in [0.717, 1.165) is 11.5 Å². The molecule has 0 bridgehead atoms. The molecule has 1 unspecified atom stereocenters. The van der Waals surface area contributed by atoms with Crippen LogP contribution < -0.4 is 10.2 Å². The number of nitrogens with one attached hydrogen (secondary N) is 1. The van der Waals surface area contributed by atoms with Gasteiger partial charge in [0.2, 0.25) is 0 Å². The monoisotopic (exact) mass is 275 g/mol. The van der Waals surface area contributed by atoms with Gasteiger partial charge in [-0.15, -0.1) is 11.3 Å². The summed E-state index contributed by atoms with van der Waals surface area (Å²) in [5, 5.41) is 5.70. The number of thiophene rings is 1. The zero-order valence-electron chi connectivity index (χ0n) is 11.9. The SMILES string of the molecule is CC(C)C(Nc1ccc(N(C)C)nc1)c1cccs1. The van der Waals surface area contributed by atoms with Crippen molar-refractivity contribution in [3.05, 3.63) is 40.7 Å². The van der Waals surface area contributed by atoms with Crippen molar-refractivity contribution in [1.82, 2.24) is 4.98 Å². The second kappa shape index (κ2) is 6.06. The normalized spacial score (nSPS) is 12.5. The van der Waals surface area contributed by atoms with E-state index in [4.69, 9.17) is 0 Å². The van der Waals surface area contributed by atoms with Crippen LogP contribution in [0.1, 0.15) is 24.8 Å². The van der Waals surface area contributed by atoms with Crippen molar-refractivity contribution < 1.29 is 0 Å². The van der Waals surface area contributed by atoms with Gasteiger partial charge in [-0.2, -0.15) is 0 Å². The third-order valence-electron chi connectivity index (χ3n) is 3.04. The molecule has 0 saturated heterocycles. The van der Waals surface area contributed by atoms with Crippen molar-refractivity contribution in [1.29, 1.82) is 0 Å². The molecule has 0 radical (unpaired) electrons. The van der Waals surface area contributed by atoms with Gasteiger partial charge in [-0.1, -0.05) is 19.9 Å². The van der Waals surface area contributed by atoms with Crippen molar-refractivity contribution in [2.45, 2.75) is 19.9 Å². The molecule has 0 amide bonds. The Labute approximate surface area is 119 Å². The summed E-state index contributed by atoms with van der Waals surface area (Å²) < 4.78 is 0. The molecule has 102 valence electrons. The highest BCUT2D eigenvalue weighted by atomic mass is 32.1. The molecule has 1 atom stereocenters. The summed E-state index contributed by atoms with van der Waals surface area (Å²) in [6.45, 7) is 4.47. The van der Waals surface area contributed by atoms with Gasteiger partial charge in [-0.25, -0.2) is 4.98 Å². The lowest BCUT2D eigenvalue weighted by Gasteiger charge is -2.22. The average Bonchev–Trinajstić information content (AvgIpc) is 2.89. The minimum Gasteiger partial charge on any atom is -0.376 e. The van der Waals surface area contributed by atoms with E-state index in [0.29, 0.717) is 12.0 Å². The third kappa shape index (κ3) is 3.47. The molecule has 0 fully saturated rings. The Morgan fingerprint density at radius 3 is 2.47 bits per heavy atom. The maximum atomic E-state index is 4.44. The number of anilines is 2. The first-order valence-corrected chi connectivity index (χ1v) is 7.39. The highest BCUT2D eigenvalue weighted by Crippen LogP contribution is 2.29. The molecule has 0 aromatic carbocycles. The molecular formula is C15H21N3S. The van der Waals surface area contributed by atoms with Crippen LogP contribution in [0, 0.1) is 5.92 Å². The fraction of sp³-hybridized carbons (Fsp3) is 0.400. The zero-order valence-corrected chi connectivity index (χ0v) is 12.7. The highest BCUT2D eigenvalue weighted by Gasteiger charge is 2.16. The van der Waals surface area contributed by atoms with Gasteiger partial charge < -0.3 is 10.2 Å². The quantitative estimate of drug-likeness (QED) is 0.893. The van der Waals surface area contributed by atoms with E-state index >= 15 is 0 Å². The molecule has 0 saturated carbocycles. The summed E-state index contributed by atoms with van der Waals surface area (Å²) in [7, 11) is 4.00. The molecule has 0 aliphatic rings. The Morgan fingerprint density at radius 2 is 2.00 bits per heavy atom. The molecule has 1 N–H and O–H groups in total. The first kappa shape index (κ1) is 13.9. The van der Waals surface area contributed by atoms with E-state index in [9.17, 15) is 0 Å². The predicted molar refractivity (Wildman–Crippen MR) is 84.1 cm³/mol. The van der Waals surface area contributed by atoms with E-state index in [2.05, 4.69) is 47.7 Å². The van der Waals surface area contributed by atoms with Crippen LogP contribution in [0.5, 0.6) is 0 Å². The summed E-state index contributed by atoms with van der Waals surface area (Å²) in [6, 6.07) is 8.75. The topological polar surface area (TPSA) is 28.2 Å². The Balaban J connectivity index is 2.13. The lowest BCUT2D eigenvalue weighted by molar-refractivity contribution is 0.553. The summed E-state index contributed by atoms with van der Waals surface area (Å²) in [5.74, 6) is 1.51. The number of hydrogen-bond donors (Lipinski definition) is 1. The molecule has 2 rings (SSSR count). The van der Waals surface area contributed by atoms with Crippen molar-refractivity contribution in [2.24, 2.45) is 5.92 Å². The minimum absolute atomic E-state index is 0.340. The number of hydrogen-bond acceptors (Lipinski definition) is 4. The van der Waals surface area contributed by atoms with Crippen LogP contribution in [0.15, 0.2) is 35.8 Å². The van der Waals surface area contributed by atoms with Crippen LogP contribution in [0.4, 0.5) is 11.5 Å². The predicted octanol–water partition coefficient (Wildman–Crippen LogP) is 4.02. The summed E-state index contributed by atoms with van der Waals surface area (Å²) >= 11 is 1.80. The fourth-order valence-electron chi connectivity index (χ4n) is 1.95.